The van der Waals surface area contributed by atoms with Crippen LogP contribution in [0.3, 0.4) is 0 Å². The molecule has 0 saturated carbocycles. The van der Waals surface area contributed by atoms with Crippen LogP contribution in [0.2, 0.25) is 0 Å². The molecule has 3 aromatic carbocycles. The molecule has 3 rings (SSSR count). The standard InChI is InChI=1S/C22H21N3O4S2/c1-14-6-5-7-15(2)20(14)25-31(28,29)17-12-10-16(11-13-17)23-22(30)24-21(27)18-8-3-4-9-19(18)26/h3-13,25-26H,1-2H3,(H2,23,24,27,30). The fourth-order valence-corrected chi connectivity index (χ4v) is 4.30. The highest BCUT2D eigenvalue weighted by atomic mass is 32.2. The van der Waals surface area contributed by atoms with Gasteiger partial charge in [-0.1, -0.05) is 30.3 Å². The zero-order valence-electron chi connectivity index (χ0n) is 16.8. The van der Waals surface area contributed by atoms with E-state index in [1.54, 1.807) is 12.1 Å². The minimum atomic E-state index is -3.77. The SMILES string of the molecule is Cc1cccc(C)c1NS(=O)(=O)c1ccc(NC(=S)NC(=O)c2ccccc2O)cc1. The van der Waals surface area contributed by atoms with Crippen LogP contribution in [0.25, 0.3) is 0 Å². The number of sulfonamides is 1. The normalized spacial score (nSPS) is 10.9. The highest BCUT2D eigenvalue weighted by Gasteiger charge is 2.17. The molecule has 0 aliphatic heterocycles. The van der Waals surface area contributed by atoms with Crippen LogP contribution in [-0.2, 0) is 10.0 Å². The van der Waals surface area contributed by atoms with E-state index >= 15 is 0 Å². The molecule has 0 atom stereocenters. The van der Waals surface area contributed by atoms with Crippen molar-refractivity contribution in [1.82, 2.24) is 5.32 Å². The lowest BCUT2D eigenvalue weighted by Crippen LogP contribution is -2.34. The molecule has 0 aromatic heterocycles. The van der Waals surface area contributed by atoms with Gasteiger partial charge in [0.25, 0.3) is 15.9 Å². The summed E-state index contributed by atoms with van der Waals surface area (Å²) in [6.45, 7) is 3.67. The van der Waals surface area contributed by atoms with Gasteiger partial charge in [0, 0.05) is 5.69 Å². The highest BCUT2D eigenvalue weighted by Crippen LogP contribution is 2.24. The number of hydrogen-bond donors (Lipinski definition) is 4. The number of anilines is 2. The van der Waals surface area contributed by atoms with E-state index in [1.165, 1.54) is 36.4 Å². The highest BCUT2D eigenvalue weighted by molar-refractivity contribution is 7.92. The van der Waals surface area contributed by atoms with Crippen molar-refractivity contribution in [3.63, 3.8) is 0 Å². The molecule has 0 aliphatic carbocycles. The van der Waals surface area contributed by atoms with E-state index in [1.807, 2.05) is 32.0 Å². The molecule has 0 aliphatic rings. The first-order valence-corrected chi connectivity index (χ1v) is 11.2. The van der Waals surface area contributed by atoms with Gasteiger partial charge in [-0.15, -0.1) is 0 Å². The van der Waals surface area contributed by atoms with Gasteiger partial charge in [0.2, 0.25) is 0 Å². The lowest BCUT2D eigenvalue weighted by Gasteiger charge is -2.14. The van der Waals surface area contributed by atoms with Crippen LogP contribution in [0.1, 0.15) is 21.5 Å². The molecule has 9 heteroatoms. The van der Waals surface area contributed by atoms with Crippen molar-refractivity contribution in [2.75, 3.05) is 10.0 Å². The Bertz CT molecular complexity index is 1220. The third-order valence-corrected chi connectivity index (χ3v) is 6.09. The largest absolute Gasteiger partial charge is 0.507 e. The molecule has 0 heterocycles. The number of aromatic hydroxyl groups is 1. The Balaban J connectivity index is 1.67. The Kier molecular flexibility index (Phi) is 6.57. The van der Waals surface area contributed by atoms with Gasteiger partial charge >= 0.3 is 0 Å². The van der Waals surface area contributed by atoms with Crippen LogP contribution in [0.15, 0.2) is 71.6 Å². The Morgan fingerprint density at radius 3 is 2.13 bits per heavy atom. The number of phenols is 1. The van der Waals surface area contributed by atoms with Gasteiger partial charge < -0.3 is 10.4 Å². The molecule has 31 heavy (non-hydrogen) atoms. The minimum Gasteiger partial charge on any atom is -0.507 e. The van der Waals surface area contributed by atoms with Crippen molar-refractivity contribution in [3.8, 4) is 5.75 Å². The Labute approximate surface area is 186 Å². The number of para-hydroxylation sites is 2. The molecule has 7 nitrogen and oxygen atoms in total. The van der Waals surface area contributed by atoms with Crippen molar-refractivity contribution in [1.29, 1.82) is 0 Å². The van der Waals surface area contributed by atoms with Crippen molar-refractivity contribution >= 4 is 44.6 Å². The van der Waals surface area contributed by atoms with Crippen LogP contribution in [0.5, 0.6) is 5.75 Å². The fourth-order valence-electron chi connectivity index (χ4n) is 2.88. The van der Waals surface area contributed by atoms with E-state index in [9.17, 15) is 18.3 Å². The third-order valence-electron chi connectivity index (χ3n) is 4.52. The van der Waals surface area contributed by atoms with E-state index in [2.05, 4.69) is 15.4 Å². The Morgan fingerprint density at radius 2 is 1.52 bits per heavy atom. The topological polar surface area (TPSA) is 108 Å². The van der Waals surface area contributed by atoms with E-state index in [4.69, 9.17) is 12.2 Å². The molecule has 3 aromatic rings. The van der Waals surface area contributed by atoms with Gasteiger partial charge in [-0.25, -0.2) is 8.42 Å². The van der Waals surface area contributed by atoms with Crippen molar-refractivity contribution in [2.24, 2.45) is 0 Å². The number of rotatable bonds is 5. The molecule has 0 unspecified atom stereocenters. The summed E-state index contributed by atoms with van der Waals surface area (Å²) in [6, 6.07) is 17.6. The first kappa shape index (κ1) is 22.3. The fraction of sp³-hybridized carbons (Fsp3) is 0.0909. The predicted molar refractivity (Wildman–Crippen MR) is 125 cm³/mol. The number of carbonyl (C=O) groups excluding carboxylic acids is 1. The molecular weight excluding hydrogens is 434 g/mol. The van der Waals surface area contributed by atoms with Crippen LogP contribution in [0, 0.1) is 13.8 Å². The summed E-state index contributed by atoms with van der Waals surface area (Å²) in [6.07, 6.45) is 0. The number of amides is 1. The molecule has 0 fully saturated rings. The monoisotopic (exact) mass is 455 g/mol. The molecule has 1 amide bonds. The number of thiocarbonyl (C=S) groups is 1. The summed E-state index contributed by atoms with van der Waals surface area (Å²) in [5.74, 6) is -0.721. The molecule has 0 spiro atoms. The zero-order valence-corrected chi connectivity index (χ0v) is 18.5. The second-order valence-corrected chi connectivity index (χ2v) is 8.91. The van der Waals surface area contributed by atoms with Crippen molar-refractivity contribution < 1.29 is 18.3 Å². The maximum Gasteiger partial charge on any atom is 0.261 e. The van der Waals surface area contributed by atoms with Crippen molar-refractivity contribution in [3.05, 3.63) is 83.4 Å². The molecule has 0 bridgehead atoms. The molecule has 4 N–H and O–H groups in total. The summed E-state index contributed by atoms with van der Waals surface area (Å²) in [5.41, 5.74) is 2.79. The number of nitrogens with one attached hydrogen (secondary N) is 3. The Hall–Kier alpha value is -3.43. The lowest BCUT2D eigenvalue weighted by molar-refractivity contribution is 0.0975. The zero-order chi connectivity index (χ0) is 22.6. The first-order valence-electron chi connectivity index (χ1n) is 9.27. The van der Waals surface area contributed by atoms with Crippen LogP contribution < -0.4 is 15.4 Å². The minimum absolute atomic E-state index is 0.0116. The summed E-state index contributed by atoms with van der Waals surface area (Å²) in [5, 5.41) is 15.0. The molecule has 160 valence electrons. The third kappa shape index (κ3) is 5.39. The smallest absolute Gasteiger partial charge is 0.261 e. The maximum absolute atomic E-state index is 12.7. The first-order chi connectivity index (χ1) is 14.7. The summed E-state index contributed by atoms with van der Waals surface area (Å²) in [4.78, 5) is 12.3. The van der Waals surface area contributed by atoms with Crippen LogP contribution >= 0.6 is 12.2 Å². The predicted octanol–water partition coefficient (Wildman–Crippen LogP) is 3.94. The van der Waals surface area contributed by atoms with Gasteiger partial charge in [-0.05, 0) is 73.6 Å². The summed E-state index contributed by atoms with van der Waals surface area (Å²) < 4.78 is 28.1. The van der Waals surface area contributed by atoms with Gasteiger partial charge in [-0.2, -0.15) is 0 Å². The van der Waals surface area contributed by atoms with Crippen LogP contribution in [-0.4, -0.2) is 24.5 Å². The number of carbonyl (C=O) groups is 1. The van der Waals surface area contributed by atoms with E-state index in [0.717, 1.165) is 11.1 Å². The van der Waals surface area contributed by atoms with Crippen molar-refractivity contribution in [2.45, 2.75) is 18.7 Å². The number of benzene rings is 3. The quantitative estimate of drug-likeness (QED) is 0.434. The number of phenolic OH excluding ortho intramolecular Hbond substituents is 1. The number of hydrogen-bond acceptors (Lipinski definition) is 5. The van der Waals surface area contributed by atoms with Gasteiger partial charge in [0.15, 0.2) is 5.11 Å². The molecule has 0 radical (unpaired) electrons. The summed E-state index contributed by atoms with van der Waals surface area (Å²) >= 11 is 5.12. The van der Waals surface area contributed by atoms with Gasteiger partial charge in [-0.3, -0.25) is 14.8 Å². The average Bonchev–Trinajstić information content (AvgIpc) is 2.71. The van der Waals surface area contributed by atoms with Gasteiger partial charge in [0.05, 0.1) is 16.1 Å². The lowest BCUT2D eigenvalue weighted by atomic mass is 10.1. The van der Waals surface area contributed by atoms with Gasteiger partial charge in [0.1, 0.15) is 5.75 Å². The second-order valence-electron chi connectivity index (χ2n) is 6.82. The Morgan fingerprint density at radius 1 is 0.903 bits per heavy atom. The molecular formula is C22H21N3O4S2. The summed E-state index contributed by atoms with van der Waals surface area (Å²) in [7, 11) is -3.77. The van der Waals surface area contributed by atoms with E-state index in [-0.39, 0.29) is 21.3 Å². The molecule has 0 saturated heterocycles. The van der Waals surface area contributed by atoms with Crippen LogP contribution in [0.4, 0.5) is 11.4 Å². The van der Waals surface area contributed by atoms with E-state index in [0.29, 0.717) is 11.4 Å². The average molecular weight is 456 g/mol. The number of aryl methyl sites for hydroxylation is 2. The second kappa shape index (κ2) is 9.15. The van der Waals surface area contributed by atoms with E-state index < -0.39 is 15.9 Å². The maximum atomic E-state index is 12.7.